The Morgan fingerprint density at radius 3 is 2.44 bits per heavy atom. The van der Waals surface area contributed by atoms with Gasteiger partial charge in [0, 0.05) is 109 Å². The number of carbonyl (C=O) groups is 4. The number of anilines is 1. The van der Waals surface area contributed by atoms with E-state index in [0.29, 0.717) is 100 Å². The van der Waals surface area contributed by atoms with E-state index in [1.807, 2.05) is 51.4 Å². The number of hydrazine groups is 1. The van der Waals surface area contributed by atoms with Crippen LogP contribution in [0.1, 0.15) is 127 Å². The van der Waals surface area contributed by atoms with E-state index >= 15 is 22.8 Å². The highest BCUT2D eigenvalue weighted by molar-refractivity contribution is 7.10. The minimum atomic E-state index is -4.57. The lowest BCUT2D eigenvalue weighted by Crippen LogP contribution is -2.62. The van der Waals surface area contributed by atoms with Gasteiger partial charge in [-0.05, 0) is 119 Å². The van der Waals surface area contributed by atoms with Gasteiger partial charge < -0.3 is 24.4 Å². The number of pyridine rings is 1. The number of rotatable bonds is 11. The first-order valence-corrected chi connectivity index (χ1v) is 31.2. The Morgan fingerprint density at radius 1 is 0.926 bits per heavy atom. The Morgan fingerprint density at radius 2 is 1.70 bits per heavy atom. The third-order valence-electron chi connectivity index (χ3n) is 19.5. The molecule has 9 aliphatic rings. The first-order valence-electron chi connectivity index (χ1n) is 30.4. The highest BCUT2D eigenvalue weighted by Crippen LogP contribution is 2.47. The molecular formula is C61H80F3N11O5S. The Balaban J connectivity index is 0.837. The third kappa shape index (κ3) is 11.4. The molecule has 9 heterocycles. The van der Waals surface area contributed by atoms with E-state index in [0.717, 1.165) is 83.5 Å². The molecule has 1 aromatic carbocycles. The van der Waals surface area contributed by atoms with E-state index in [2.05, 4.69) is 41.7 Å². The quantitative estimate of drug-likeness (QED) is 0.0991. The smallest absolute Gasteiger partial charge is 0.406 e. The fourth-order valence-electron chi connectivity index (χ4n) is 14.9. The van der Waals surface area contributed by atoms with E-state index < -0.39 is 42.2 Å². The van der Waals surface area contributed by atoms with Gasteiger partial charge in [0.25, 0.3) is 5.91 Å². The van der Waals surface area contributed by atoms with Crippen molar-refractivity contribution in [3.8, 4) is 22.5 Å². The Labute approximate surface area is 477 Å². The van der Waals surface area contributed by atoms with Crippen LogP contribution < -0.4 is 21.0 Å². The highest BCUT2D eigenvalue weighted by atomic mass is 32.1. The number of halogens is 3. The van der Waals surface area contributed by atoms with Gasteiger partial charge in [-0.2, -0.15) is 13.2 Å². The highest BCUT2D eigenvalue weighted by Gasteiger charge is 2.55. The molecule has 6 aliphatic heterocycles. The molecule has 13 rings (SSSR count). The number of cyclic esters (lactones) is 1. The Kier molecular flexibility index (Phi) is 14.6. The summed E-state index contributed by atoms with van der Waals surface area (Å²) in [6, 6.07) is 6.17. The number of piperazine rings is 1. The minimum Gasteiger partial charge on any atom is -0.464 e. The zero-order chi connectivity index (χ0) is 56.1. The topological polar surface area (TPSA) is 170 Å². The number of fused-ring (bicyclic) bond motifs is 6. The molecule has 6 atom stereocenters. The average Bonchev–Trinajstić information content (AvgIpc) is 4.51. The number of thiazole rings is 1. The summed E-state index contributed by atoms with van der Waals surface area (Å²) in [6.45, 7) is 13.4. The number of esters is 1. The predicted molar refractivity (Wildman–Crippen MR) is 304 cm³/mol. The fourth-order valence-corrected chi connectivity index (χ4v) is 15.8. The zero-order valence-electron chi connectivity index (χ0n) is 47.5. The normalized spacial score (nSPS) is 28.3. The summed E-state index contributed by atoms with van der Waals surface area (Å²) in [5, 5.41) is 11.4. The monoisotopic (exact) mass is 1140 g/mol. The first-order chi connectivity index (χ1) is 38.9. The van der Waals surface area contributed by atoms with Crippen molar-refractivity contribution < 1.29 is 37.1 Å². The summed E-state index contributed by atoms with van der Waals surface area (Å²) in [7, 11) is 0. The zero-order valence-corrected chi connectivity index (χ0v) is 48.3. The maximum absolute atomic E-state index is 15.2. The lowest BCUT2D eigenvalue weighted by Gasteiger charge is -2.37. The third-order valence-corrected chi connectivity index (χ3v) is 20.4. The number of alkyl halides is 3. The number of hydrogen-bond donors (Lipinski definition) is 3. The minimum absolute atomic E-state index is 0.0367. The molecule has 8 fully saturated rings. The van der Waals surface area contributed by atoms with Gasteiger partial charge in [-0.25, -0.2) is 10.4 Å². The summed E-state index contributed by atoms with van der Waals surface area (Å²) >= 11 is 1.38. The summed E-state index contributed by atoms with van der Waals surface area (Å²) in [4.78, 5) is 77.6. The van der Waals surface area contributed by atoms with Crippen LogP contribution in [0.15, 0.2) is 35.8 Å². The lowest BCUT2D eigenvalue weighted by atomic mass is 9.84. The van der Waals surface area contributed by atoms with Gasteiger partial charge in [0.15, 0.2) is 0 Å². The largest absolute Gasteiger partial charge is 0.464 e. The van der Waals surface area contributed by atoms with E-state index in [9.17, 15) is 9.59 Å². The van der Waals surface area contributed by atoms with Gasteiger partial charge in [-0.1, -0.05) is 46.6 Å². The van der Waals surface area contributed by atoms with Crippen molar-refractivity contribution in [1.29, 1.82) is 0 Å². The van der Waals surface area contributed by atoms with Crippen molar-refractivity contribution in [2.45, 2.75) is 172 Å². The van der Waals surface area contributed by atoms with Crippen molar-refractivity contribution in [3.05, 3.63) is 52.1 Å². The molecular weight excluding hydrogens is 1060 g/mol. The van der Waals surface area contributed by atoms with Gasteiger partial charge in [-0.3, -0.25) is 44.3 Å². The SMILES string of the molecule is CC(C)c1ncc(N2CCN(C3CC3)CC2)cc1-c1c2c3cc(ccc3n1CC(F)(F)F)-c1csc(n1)C[C@H](NC(=O)[C@H](C1CCCC1)N1CC[C@]3(CCN(C(=O)[C@@H]4N[C@@H]4C4CC4)C3)C1)C(=O)N1CCC[C@H](N1)C(=O)OCC(C)(C)C2. The molecule has 3 aromatic heterocycles. The molecule has 3 aliphatic carbocycles. The standard InChI is InChI=1S/C61H80F3N11O5S/c1-36(2)50-43(27-41(30-65-50)71-24-22-70(23-25-71)40-14-15-40)54-44-29-59(3,4)35-80-58(79)45-10-7-19-75(69-45)56(77)46(28-49-66-47(31-81-49)39-13-16-48(42(44)26-39)74(54)34-61(62,63)64)67-55(76)53(38-8-5-6-9-38)72-20-17-60(32-72)18-21-73(33-60)57(78)52-51(68-52)37-11-12-37/h13,16,26-27,30-31,36-38,40,45-46,51-53,68-69H,5-12,14-15,17-25,28-29,32-35H2,1-4H3,(H,67,76)/t45-,46-,51+,52+,53-,60-/m0/s1. The second-order valence-electron chi connectivity index (χ2n) is 26.7. The number of nitrogens with zero attached hydrogens (tertiary/aromatic N) is 8. The van der Waals surface area contributed by atoms with Crippen molar-refractivity contribution in [2.24, 2.45) is 22.7 Å². The summed E-state index contributed by atoms with van der Waals surface area (Å²) in [5.74, 6) is -0.233. The number of benzene rings is 1. The van der Waals surface area contributed by atoms with Crippen LogP contribution in [-0.4, -0.2) is 166 Å². The number of nitrogens with one attached hydrogen (secondary N) is 3. The van der Waals surface area contributed by atoms with Crippen LogP contribution in [0.5, 0.6) is 0 Å². The number of amides is 3. The van der Waals surface area contributed by atoms with Crippen LogP contribution in [0.4, 0.5) is 18.9 Å². The van der Waals surface area contributed by atoms with E-state index in [-0.39, 0.29) is 60.5 Å². The van der Waals surface area contributed by atoms with E-state index in [4.69, 9.17) is 14.7 Å². The molecule has 0 unspecified atom stereocenters. The molecule has 0 radical (unpaired) electrons. The fraction of sp³-hybridized carbons (Fsp3) is 0.672. The molecule has 16 nitrogen and oxygen atoms in total. The van der Waals surface area contributed by atoms with Gasteiger partial charge in [0.2, 0.25) is 11.8 Å². The van der Waals surface area contributed by atoms with Crippen molar-refractivity contribution in [3.63, 3.8) is 0 Å². The molecule has 5 saturated heterocycles. The molecule has 3 amide bonds. The van der Waals surface area contributed by atoms with Gasteiger partial charge >= 0.3 is 12.1 Å². The lowest BCUT2D eigenvalue weighted by molar-refractivity contribution is -0.155. The van der Waals surface area contributed by atoms with Crippen LogP contribution >= 0.6 is 11.3 Å². The first kappa shape index (κ1) is 55.1. The van der Waals surface area contributed by atoms with Crippen molar-refractivity contribution in [1.82, 2.24) is 50.3 Å². The molecule has 4 aromatic rings. The Bertz CT molecular complexity index is 3070. The van der Waals surface area contributed by atoms with Crippen LogP contribution in [0.25, 0.3) is 33.4 Å². The summed E-state index contributed by atoms with van der Waals surface area (Å²) in [5.41, 5.74) is 7.49. The maximum atomic E-state index is 15.2. The second-order valence-corrected chi connectivity index (χ2v) is 27.6. The van der Waals surface area contributed by atoms with E-state index in [1.54, 1.807) is 6.07 Å². The Hall–Kier alpha value is -5.15. The molecule has 3 N–H and O–H groups in total. The number of carbonyl (C=O) groups excluding carboxylic acids is 4. The van der Waals surface area contributed by atoms with Gasteiger partial charge in [-0.15, -0.1) is 11.3 Å². The van der Waals surface area contributed by atoms with Gasteiger partial charge in [0.05, 0.1) is 46.6 Å². The average molecular weight is 1140 g/mol. The number of ether oxygens (including phenoxy) is 1. The van der Waals surface area contributed by atoms with Crippen LogP contribution in [0.2, 0.25) is 0 Å². The summed E-state index contributed by atoms with van der Waals surface area (Å²) < 4.78 is 53.1. The van der Waals surface area contributed by atoms with Crippen LogP contribution in [0, 0.1) is 22.7 Å². The maximum Gasteiger partial charge on any atom is 0.406 e. The second kappa shape index (κ2) is 21.5. The van der Waals surface area contributed by atoms with Gasteiger partial charge in [0.1, 0.15) is 24.7 Å². The summed E-state index contributed by atoms with van der Waals surface area (Å²) in [6.07, 6.45) is 9.17. The van der Waals surface area contributed by atoms with E-state index in [1.165, 1.54) is 46.6 Å². The molecule has 436 valence electrons. The number of aromatic nitrogens is 3. The van der Waals surface area contributed by atoms with Crippen LogP contribution in [0.3, 0.4) is 0 Å². The predicted octanol–water partition coefficient (Wildman–Crippen LogP) is 7.68. The van der Waals surface area contributed by atoms with Crippen molar-refractivity contribution in [2.75, 3.05) is 70.4 Å². The number of hydrogen-bond acceptors (Lipinski definition) is 13. The number of likely N-dealkylation sites (tertiary alicyclic amines) is 2. The molecule has 81 heavy (non-hydrogen) atoms. The molecule has 20 heteroatoms. The molecule has 6 bridgehead atoms. The van der Waals surface area contributed by atoms with Crippen molar-refractivity contribution >= 4 is 51.6 Å². The molecule has 3 saturated carbocycles. The molecule has 1 spiro atoms. The van der Waals surface area contributed by atoms with Crippen LogP contribution in [-0.2, 0) is 43.3 Å².